The molecule has 2 rings (SSSR count). The fraction of sp³-hybridized carbons (Fsp3) is 0.538. The molecule has 0 radical (unpaired) electrons. The third kappa shape index (κ3) is 3.51. The summed E-state index contributed by atoms with van der Waals surface area (Å²) >= 11 is 3.35. The predicted octanol–water partition coefficient (Wildman–Crippen LogP) is 1.88. The van der Waals surface area contributed by atoms with Crippen LogP contribution >= 0.6 is 15.9 Å². The molecule has 1 aromatic rings. The van der Waals surface area contributed by atoms with E-state index in [1.54, 1.807) is 12.1 Å². The molecule has 0 amide bonds. The Morgan fingerprint density at radius 1 is 1.61 bits per heavy atom. The lowest BCUT2D eigenvalue weighted by Gasteiger charge is -2.32. The van der Waals surface area contributed by atoms with Gasteiger partial charge in [0.2, 0.25) is 0 Å². The number of rotatable bonds is 3. The third-order valence-electron chi connectivity index (χ3n) is 3.35. The van der Waals surface area contributed by atoms with Gasteiger partial charge in [0.05, 0.1) is 0 Å². The molecule has 0 saturated carbocycles. The van der Waals surface area contributed by atoms with Crippen LogP contribution in [-0.2, 0) is 0 Å². The Balaban J connectivity index is 2.02. The van der Waals surface area contributed by atoms with E-state index in [-0.39, 0.29) is 11.9 Å². The lowest BCUT2D eigenvalue weighted by molar-refractivity contribution is 0.225. The van der Waals surface area contributed by atoms with Crippen molar-refractivity contribution in [1.82, 2.24) is 10.2 Å². The van der Waals surface area contributed by atoms with Crippen LogP contribution in [0.2, 0.25) is 0 Å². The number of hydrogen-bond donors (Lipinski definition) is 2. The van der Waals surface area contributed by atoms with E-state index in [0.29, 0.717) is 11.6 Å². The van der Waals surface area contributed by atoms with Crippen molar-refractivity contribution in [3.63, 3.8) is 0 Å². The summed E-state index contributed by atoms with van der Waals surface area (Å²) in [4.78, 5) is 2.27. The predicted molar refractivity (Wildman–Crippen MR) is 74.9 cm³/mol. The van der Waals surface area contributed by atoms with Crippen molar-refractivity contribution in [1.29, 1.82) is 0 Å². The van der Waals surface area contributed by atoms with Gasteiger partial charge in [-0.15, -0.1) is 0 Å². The van der Waals surface area contributed by atoms with E-state index in [9.17, 15) is 4.39 Å². The number of likely N-dealkylation sites (N-methyl/N-ethyl adjacent to an activating group) is 1. The topological polar surface area (TPSA) is 41.3 Å². The largest absolute Gasteiger partial charge is 0.324 e. The van der Waals surface area contributed by atoms with Crippen LogP contribution in [0.3, 0.4) is 0 Å². The van der Waals surface area contributed by atoms with E-state index in [1.165, 1.54) is 6.07 Å². The molecule has 2 unspecified atom stereocenters. The quantitative estimate of drug-likeness (QED) is 0.895. The summed E-state index contributed by atoms with van der Waals surface area (Å²) in [5.41, 5.74) is 6.70. The molecular weight excluding hydrogens is 297 g/mol. The van der Waals surface area contributed by atoms with Crippen molar-refractivity contribution in [2.24, 2.45) is 5.73 Å². The third-order valence-corrected chi connectivity index (χ3v) is 3.85. The highest BCUT2D eigenvalue weighted by molar-refractivity contribution is 9.10. The van der Waals surface area contributed by atoms with Gasteiger partial charge in [0, 0.05) is 41.8 Å². The van der Waals surface area contributed by atoms with Crippen LogP contribution in [0.15, 0.2) is 22.7 Å². The van der Waals surface area contributed by atoms with Crippen molar-refractivity contribution < 1.29 is 4.39 Å². The minimum atomic E-state index is -0.272. The van der Waals surface area contributed by atoms with Gasteiger partial charge in [-0.2, -0.15) is 0 Å². The molecular formula is C13H19BrFN3. The van der Waals surface area contributed by atoms with Crippen LogP contribution < -0.4 is 11.1 Å². The summed E-state index contributed by atoms with van der Waals surface area (Å²) in [7, 11) is 2.10. The lowest BCUT2D eigenvalue weighted by Crippen LogP contribution is -2.50. The van der Waals surface area contributed by atoms with Crippen molar-refractivity contribution in [3.05, 3.63) is 34.1 Å². The smallest absolute Gasteiger partial charge is 0.128 e. The maximum atomic E-state index is 13.7. The van der Waals surface area contributed by atoms with E-state index < -0.39 is 0 Å². The Labute approximate surface area is 116 Å². The second-order valence-electron chi connectivity index (χ2n) is 4.92. The molecule has 0 bridgehead atoms. The second kappa shape index (κ2) is 6.10. The number of halogens is 2. The summed E-state index contributed by atoms with van der Waals surface area (Å²) in [5.74, 6) is -0.227. The molecule has 1 aliphatic rings. The maximum absolute atomic E-state index is 13.7. The van der Waals surface area contributed by atoms with Crippen molar-refractivity contribution in [2.45, 2.75) is 18.5 Å². The van der Waals surface area contributed by atoms with Gasteiger partial charge in [0.15, 0.2) is 0 Å². The first-order chi connectivity index (χ1) is 8.56. The summed E-state index contributed by atoms with van der Waals surface area (Å²) in [5, 5.41) is 3.43. The number of benzene rings is 1. The minimum Gasteiger partial charge on any atom is -0.324 e. The van der Waals surface area contributed by atoms with Gasteiger partial charge in [0.25, 0.3) is 0 Å². The summed E-state index contributed by atoms with van der Waals surface area (Å²) in [6.45, 7) is 2.98. The summed E-state index contributed by atoms with van der Waals surface area (Å²) < 4.78 is 14.6. The van der Waals surface area contributed by atoms with Crippen molar-refractivity contribution >= 4 is 15.9 Å². The zero-order chi connectivity index (χ0) is 13.1. The zero-order valence-corrected chi connectivity index (χ0v) is 12.1. The molecule has 1 fully saturated rings. The fourth-order valence-corrected chi connectivity index (χ4v) is 2.76. The van der Waals surface area contributed by atoms with E-state index >= 15 is 0 Å². The van der Waals surface area contributed by atoms with Crippen molar-refractivity contribution in [2.75, 3.05) is 26.7 Å². The molecule has 18 heavy (non-hydrogen) atoms. The average Bonchev–Trinajstić information content (AvgIpc) is 2.32. The first-order valence-corrected chi connectivity index (χ1v) is 6.98. The van der Waals surface area contributed by atoms with Gasteiger partial charge in [-0.25, -0.2) is 4.39 Å². The summed E-state index contributed by atoms with van der Waals surface area (Å²) in [6, 6.07) is 4.98. The molecule has 1 saturated heterocycles. The lowest BCUT2D eigenvalue weighted by atomic mass is 9.98. The SMILES string of the molecule is CN1CCNC(CC(N)c2cc(Br)ccc2F)C1. The highest BCUT2D eigenvalue weighted by Crippen LogP contribution is 2.23. The van der Waals surface area contributed by atoms with Crippen LogP contribution in [-0.4, -0.2) is 37.6 Å². The normalized spacial score (nSPS) is 23.0. The molecule has 0 spiro atoms. The molecule has 5 heteroatoms. The first kappa shape index (κ1) is 13.9. The Hall–Kier alpha value is -0.490. The molecule has 1 aliphatic heterocycles. The van der Waals surface area contributed by atoms with E-state index in [1.807, 2.05) is 0 Å². The van der Waals surface area contributed by atoms with E-state index in [0.717, 1.165) is 30.5 Å². The monoisotopic (exact) mass is 315 g/mol. The second-order valence-corrected chi connectivity index (χ2v) is 5.84. The number of nitrogens with two attached hydrogens (primary N) is 1. The van der Waals surface area contributed by atoms with Crippen molar-refractivity contribution in [3.8, 4) is 0 Å². The molecule has 1 heterocycles. The van der Waals surface area contributed by atoms with Gasteiger partial charge in [-0.1, -0.05) is 15.9 Å². The highest BCUT2D eigenvalue weighted by Gasteiger charge is 2.21. The minimum absolute atomic E-state index is 0.227. The zero-order valence-electron chi connectivity index (χ0n) is 10.5. The fourth-order valence-electron chi connectivity index (χ4n) is 2.38. The van der Waals surface area contributed by atoms with Crippen LogP contribution in [0.25, 0.3) is 0 Å². The maximum Gasteiger partial charge on any atom is 0.128 e. The Bertz CT molecular complexity index is 413. The van der Waals surface area contributed by atoms with Gasteiger partial charge < -0.3 is 16.0 Å². The molecule has 2 atom stereocenters. The van der Waals surface area contributed by atoms with Gasteiger partial charge in [-0.3, -0.25) is 0 Å². The Kier molecular flexibility index (Phi) is 4.72. The van der Waals surface area contributed by atoms with E-state index in [2.05, 4.69) is 33.2 Å². The number of nitrogens with zero attached hydrogens (tertiary/aromatic N) is 1. The van der Waals surface area contributed by atoms with Gasteiger partial charge in [0.1, 0.15) is 5.82 Å². The first-order valence-electron chi connectivity index (χ1n) is 6.18. The number of hydrogen-bond acceptors (Lipinski definition) is 3. The van der Waals surface area contributed by atoms with Crippen LogP contribution in [0, 0.1) is 5.82 Å². The molecule has 0 aromatic heterocycles. The number of nitrogens with one attached hydrogen (secondary N) is 1. The molecule has 3 N–H and O–H groups in total. The number of piperazine rings is 1. The standard InChI is InChI=1S/C13H19BrFN3/c1-18-5-4-17-10(8-18)7-13(16)11-6-9(14)2-3-12(11)15/h2-3,6,10,13,17H,4-5,7-8,16H2,1H3. The van der Waals surface area contributed by atoms with Gasteiger partial charge in [-0.05, 0) is 31.7 Å². The van der Waals surface area contributed by atoms with Crippen LogP contribution in [0.1, 0.15) is 18.0 Å². The molecule has 100 valence electrons. The Morgan fingerprint density at radius 3 is 3.11 bits per heavy atom. The van der Waals surface area contributed by atoms with Gasteiger partial charge >= 0.3 is 0 Å². The molecule has 3 nitrogen and oxygen atoms in total. The average molecular weight is 316 g/mol. The highest BCUT2D eigenvalue weighted by atomic mass is 79.9. The molecule has 1 aromatic carbocycles. The molecule has 0 aliphatic carbocycles. The van der Waals surface area contributed by atoms with Crippen LogP contribution in [0.4, 0.5) is 4.39 Å². The van der Waals surface area contributed by atoms with Crippen LogP contribution in [0.5, 0.6) is 0 Å². The Morgan fingerprint density at radius 2 is 2.39 bits per heavy atom. The van der Waals surface area contributed by atoms with E-state index in [4.69, 9.17) is 5.73 Å². The summed E-state index contributed by atoms with van der Waals surface area (Å²) in [6.07, 6.45) is 0.748.